The number of aromatic nitrogens is 3. The largest absolute Gasteiger partial charge is 0.464 e. The fourth-order valence-electron chi connectivity index (χ4n) is 3.08. The number of nitrogens with zero attached hydrogens (tertiary/aromatic N) is 3. The normalized spacial score (nSPS) is 13.6. The second kappa shape index (κ2) is 8.91. The molecular formula is C21H26N4O3. The van der Waals surface area contributed by atoms with Crippen molar-refractivity contribution in [1.82, 2.24) is 15.3 Å². The highest BCUT2D eigenvalue weighted by Crippen LogP contribution is 2.38. The van der Waals surface area contributed by atoms with E-state index in [1.165, 1.54) is 12.8 Å². The first-order valence-corrected chi connectivity index (χ1v) is 10.1. The number of nitrogens with one attached hydrogen (secondary N) is 1. The third kappa shape index (κ3) is 4.91. The highest BCUT2D eigenvalue weighted by atomic mass is 16.6. The van der Waals surface area contributed by atoms with Crippen molar-refractivity contribution in [2.45, 2.75) is 51.4 Å². The molecule has 0 spiro atoms. The van der Waals surface area contributed by atoms with Crippen LogP contribution in [0.3, 0.4) is 0 Å². The monoisotopic (exact) mass is 382 g/mol. The number of aryl methyl sites for hydroxylation is 1. The third-order valence-corrected chi connectivity index (χ3v) is 4.76. The van der Waals surface area contributed by atoms with E-state index in [4.69, 9.17) is 13.8 Å². The predicted molar refractivity (Wildman–Crippen MR) is 105 cm³/mol. The van der Waals surface area contributed by atoms with Crippen molar-refractivity contribution in [3.05, 3.63) is 42.0 Å². The lowest BCUT2D eigenvalue weighted by atomic mass is 10.1. The van der Waals surface area contributed by atoms with Crippen molar-refractivity contribution < 1.29 is 13.8 Å². The second-order valence-electron chi connectivity index (χ2n) is 7.10. The summed E-state index contributed by atoms with van der Waals surface area (Å²) >= 11 is 0. The van der Waals surface area contributed by atoms with Crippen LogP contribution in [0.15, 0.2) is 39.4 Å². The summed E-state index contributed by atoms with van der Waals surface area (Å²) in [6.07, 6.45) is 6.55. The van der Waals surface area contributed by atoms with Gasteiger partial charge in [-0.3, -0.25) is 0 Å². The molecule has 148 valence electrons. The Bertz CT molecular complexity index is 885. The maximum atomic E-state index is 5.33. The van der Waals surface area contributed by atoms with Crippen LogP contribution in [0.1, 0.15) is 56.7 Å². The Kier molecular flexibility index (Phi) is 5.89. The van der Waals surface area contributed by atoms with Crippen LogP contribution in [0, 0.1) is 0 Å². The number of anilines is 1. The van der Waals surface area contributed by atoms with Crippen LogP contribution >= 0.6 is 0 Å². The highest BCUT2D eigenvalue weighted by Gasteiger charge is 2.28. The van der Waals surface area contributed by atoms with E-state index >= 15 is 0 Å². The van der Waals surface area contributed by atoms with Crippen LogP contribution < -0.4 is 10.1 Å². The number of hydrogen-bond donors (Lipinski definition) is 1. The van der Waals surface area contributed by atoms with E-state index in [1.807, 2.05) is 25.1 Å². The van der Waals surface area contributed by atoms with Crippen molar-refractivity contribution in [3.8, 4) is 17.2 Å². The minimum atomic E-state index is 0.446. The first kappa shape index (κ1) is 18.5. The molecule has 0 saturated heterocycles. The van der Waals surface area contributed by atoms with E-state index in [2.05, 4.69) is 32.7 Å². The average Bonchev–Trinajstić information content (AvgIpc) is 3.27. The minimum Gasteiger partial charge on any atom is -0.464 e. The number of hydrogen-bond acceptors (Lipinski definition) is 7. The van der Waals surface area contributed by atoms with E-state index in [9.17, 15) is 0 Å². The molecule has 0 amide bonds. The molecule has 7 heteroatoms. The van der Waals surface area contributed by atoms with E-state index < -0.39 is 0 Å². The van der Waals surface area contributed by atoms with E-state index in [1.54, 1.807) is 0 Å². The first-order chi connectivity index (χ1) is 13.8. The topological polar surface area (TPSA) is 86.2 Å². The standard InChI is InChI=1S/C21H26N4O3/c1-2-26-20-14-18(24-28-20)16-7-6-8-17(13-16)22-12-5-3-4-9-19-23-21(25-27-19)15-10-11-15/h6-8,13-15,22H,2-5,9-12H2,1H3. The highest BCUT2D eigenvalue weighted by molar-refractivity contribution is 5.65. The van der Waals surface area contributed by atoms with Crippen molar-refractivity contribution in [1.29, 1.82) is 0 Å². The Morgan fingerprint density at radius 1 is 1.11 bits per heavy atom. The summed E-state index contributed by atoms with van der Waals surface area (Å²) < 4.78 is 15.8. The average molecular weight is 382 g/mol. The lowest BCUT2D eigenvalue weighted by molar-refractivity contribution is 0.226. The van der Waals surface area contributed by atoms with Gasteiger partial charge in [-0.2, -0.15) is 4.98 Å². The number of ether oxygens (including phenoxy) is 1. The third-order valence-electron chi connectivity index (χ3n) is 4.76. The molecule has 1 fully saturated rings. The summed E-state index contributed by atoms with van der Waals surface area (Å²) in [5.41, 5.74) is 2.85. The smallest absolute Gasteiger partial charge is 0.311 e. The van der Waals surface area contributed by atoms with Gasteiger partial charge in [0.05, 0.1) is 12.7 Å². The lowest BCUT2D eigenvalue weighted by Crippen LogP contribution is -2.01. The molecule has 2 aromatic heterocycles. The van der Waals surface area contributed by atoms with Crippen molar-refractivity contribution in [2.24, 2.45) is 0 Å². The Morgan fingerprint density at radius 3 is 2.89 bits per heavy atom. The predicted octanol–water partition coefficient (Wildman–Crippen LogP) is 4.83. The van der Waals surface area contributed by atoms with Crippen molar-refractivity contribution in [3.63, 3.8) is 0 Å². The second-order valence-corrected chi connectivity index (χ2v) is 7.10. The van der Waals surface area contributed by atoms with Gasteiger partial charge in [0.15, 0.2) is 5.82 Å². The van der Waals surface area contributed by atoms with Gasteiger partial charge in [-0.15, -0.1) is 0 Å². The molecule has 1 N–H and O–H groups in total. The van der Waals surface area contributed by atoms with Crippen LogP contribution in [0.5, 0.6) is 5.95 Å². The van der Waals surface area contributed by atoms with Crippen LogP contribution in [0.2, 0.25) is 0 Å². The van der Waals surface area contributed by atoms with Crippen LogP contribution in [-0.2, 0) is 6.42 Å². The molecule has 0 unspecified atom stereocenters. The quantitative estimate of drug-likeness (QED) is 0.475. The molecule has 4 rings (SSSR count). The van der Waals surface area contributed by atoms with Crippen LogP contribution in [0.25, 0.3) is 11.3 Å². The van der Waals surface area contributed by atoms with E-state index in [-0.39, 0.29) is 0 Å². The van der Waals surface area contributed by atoms with Gasteiger partial charge >= 0.3 is 5.95 Å². The Hall–Kier alpha value is -2.83. The van der Waals surface area contributed by atoms with Crippen molar-refractivity contribution in [2.75, 3.05) is 18.5 Å². The summed E-state index contributed by atoms with van der Waals surface area (Å²) in [6, 6.07) is 9.98. The molecule has 28 heavy (non-hydrogen) atoms. The summed E-state index contributed by atoms with van der Waals surface area (Å²) in [5.74, 6) is 2.68. The molecule has 1 aromatic carbocycles. The molecule has 0 bridgehead atoms. The lowest BCUT2D eigenvalue weighted by Gasteiger charge is -2.07. The van der Waals surface area contributed by atoms with Gasteiger partial charge in [-0.25, -0.2) is 0 Å². The fourth-order valence-corrected chi connectivity index (χ4v) is 3.08. The van der Waals surface area contributed by atoms with Crippen LogP contribution in [-0.4, -0.2) is 28.4 Å². The number of rotatable bonds is 11. The van der Waals surface area contributed by atoms with Gasteiger partial charge in [0.25, 0.3) is 0 Å². The molecule has 0 radical (unpaired) electrons. The molecule has 2 heterocycles. The zero-order valence-corrected chi connectivity index (χ0v) is 16.2. The maximum Gasteiger partial charge on any atom is 0.311 e. The summed E-state index contributed by atoms with van der Waals surface area (Å²) in [7, 11) is 0. The van der Waals surface area contributed by atoms with Gasteiger partial charge in [0.2, 0.25) is 5.89 Å². The Labute approximate surface area is 164 Å². The molecule has 1 saturated carbocycles. The van der Waals surface area contributed by atoms with Gasteiger partial charge in [-0.05, 0) is 44.7 Å². The summed E-state index contributed by atoms with van der Waals surface area (Å²) in [6.45, 7) is 3.40. The Morgan fingerprint density at radius 2 is 2.04 bits per heavy atom. The molecule has 1 aliphatic carbocycles. The number of benzene rings is 1. The van der Waals surface area contributed by atoms with E-state index in [0.29, 0.717) is 18.5 Å². The number of unbranched alkanes of at least 4 members (excludes halogenated alkanes) is 2. The van der Waals surface area contributed by atoms with Gasteiger partial charge in [-0.1, -0.05) is 28.9 Å². The van der Waals surface area contributed by atoms with Gasteiger partial charge in [0, 0.05) is 30.1 Å². The zero-order chi connectivity index (χ0) is 19.2. The summed E-state index contributed by atoms with van der Waals surface area (Å²) in [5, 5.41) is 11.6. The zero-order valence-electron chi connectivity index (χ0n) is 16.2. The minimum absolute atomic E-state index is 0.446. The van der Waals surface area contributed by atoms with E-state index in [0.717, 1.165) is 60.9 Å². The fraction of sp³-hybridized carbons (Fsp3) is 0.476. The van der Waals surface area contributed by atoms with Crippen LogP contribution in [0.4, 0.5) is 5.69 Å². The first-order valence-electron chi connectivity index (χ1n) is 10.1. The maximum absolute atomic E-state index is 5.33. The van der Waals surface area contributed by atoms with Gasteiger partial charge in [0.1, 0.15) is 5.69 Å². The SMILES string of the molecule is CCOc1cc(-c2cccc(NCCCCCc3nc(C4CC4)no3)c2)no1. The Balaban J connectivity index is 1.18. The summed E-state index contributed by atoms with van der Waals surface area (Å²) in [4.78, 5) is 4.47. The molecule has 7 nitrogen and oxygen atoms in total. The molecule has 0 atom stereocenters. The molecular weight excluding hydrogens is 356 g/mol. The van der Waals surface area contributed by atoms with Gasteiger partial charge < -0.3 is 19.1 Å². The molecule has 1 aliphatic rings. The molecule has 3 aromatic rings. The molecule has 0 aliphatic heterocycles. The van der Waals surface area contributed by atoms with Crippen molar-refractivity contribution >= 4 is 5.69 Å².